The minimum absolute atomic E-state index is 0. The second-order valence-electron chi connectivity index (χ2n) is 15.0. The lowest BCUT2D eigenvalue weighted by molar-refractivity contribution is 0.270. The molecule has 0 saturated carbocycles. The fourth-order valence-electron chi connectivity index (χ4n) is 6.37. The largest absolute Gasteiger partial charge is 0.379 e. The van der Waals surface area contributed by atoms with Gasteiger partial charge in [-0.2, -0.15) is 0 Å². The molecule has 0 amide bonds. The van der Waals surface area contributed by atoms with Crippen LogP contribution in [-0.2, 0) is 42.3 Å². The highest BCUT2D eigenvalue weighted by Gasteiger charge is 2.16. The minimum Gasteiger partial charge on any atom is -0.379 e. The van der Waals surface area contributed by atoms with Crippen molar-refractivity contribution >= 4 is 127 Å². The van der Waals surface area contributed by atoms with Gasteiger partial charge >= 0.3 is 0 Å². The average Bonchev–Trinajstić information content (AvgIpc) is 3.33. The number of nitrogens with zero attached hydrogens (tertiary/aromatic N) is 4. The van der Waals surface area contributed by atoms with Crippen molar-refractivity contribution in [3.8, 4) is 0 Å². The second-order valence-corrected chi connectivity index (χ2v) is 20.3. The number of aliphatic imine (C=N–C) groups is 2. The lowest BCUT2D eigenvalue weighted by Gasteiger charge is -2.27. The molecule has 0 aromatic heterocycles. The van der Waals surface area contributed by atoms with Crippen LogP contribution in [0.4, 0.5) is 0 Å². The van der Waals surface area contributed by atoms with Gasteiger partial charge in [-0.15, -0.1) is 24.8 Å². The Hall–Kier alpha value is -3.29. The number of nitrogens with one attached hydrogen (secondary N) is 4. The van der Waals surface area contributed by atoms with E-state index in [-0.39, 0.29) is 35.1 Å². The predicted molar refractivity (Wildman–Crippen MR) is 305 cm³/mol. The van der Waals surface area contributed by atoms with Crippen molar-refractivity contribution in [3.63, 3.8) is 0 Å². The van der Waals surface area contributed by atoms with E-state index in [4.69, 9.17) is 72.8 Å². The summed E-state index contributed by atoms with van der Waals surface area (Å²) in [6.07, 6.45) is 2.91. The van der Waals surface area contributed by atoms with Gasteiger partial charge in [-0.05, 0) is 101 Å². The highest BCUT2D eigenvalue weighted by Crippen LogP contribution is 2.24. The minimum atomic E-state index is 0. The predicted octanol–water partition coefficient (Wildman–Crippen LogP) is 10.9. The molecule has 0 spiro atoms. The zero-order valence-corrected chi connectivity index (χ0v) is 44.7. The van der Waals surface area contributed by atoms with Gasteiger partial charge in [-0.3, -0.25) is 20.6 Å². The Labute approximate surface area is 446 Å². The van der Waals surface area contributed by atoms with E-state index in [2.05, 4.69) is 69.0 Å². The van der Waals surface area contributed by atoms with E-state index in [1.54, 1.807) is 23.5 Å². The fourth-order valence-corrected chi connectivity index (χ4v) is 9.71. The topological polar surface area (TPSA) is 181 Å². The van der Waals surface area contributed by atoms with E-state index in [9.17, 15) is 0 Å². The van der Waals surface area contributed by atoms with Crippen molar-refractivity contribution in [1.82, 2.24) is 20.4 Å². The van der Waals surface area contributed by atoms with E-state index in [0.717, 1.165) is 107 Å². The molecule has 7 rings (SSSR count). The Morgan fingerprint density at radius 3 is 1.13 bits per heavy atom. The van der Waals surface area contributed by atoms with Crippen molar-refractivity contribution in [3.05, 3.63) is 175 Å². The summed E-state index contributed by atoms with van der Waals surface area (Å²) in [4.78, 5) is 14.2. The van der Waals surface area contributed by atoms with Crippen LogP contribution in [0.2, 0.25) is 15.1 Å². The number of hydrogen-bond acceptors (Lipinski definition) is 13. The SMILES string of the molecule is Cl.Cl.Clc1ccc(CCN2CN=C(SCc3ccccc3CSC3=NCN(CCc4ccc(Cl)cc4)CN3)NC2)cc1.N=C(N)SCc1ccccc1CSC(=N)N.NCCc1ccc(Cl)cc1. The number of nitrogens with two attached hydrogens (primary N) is 3. The van der Waals surface area contributed by atoms with Crippen LogP contribution < -0.4 is 27.8 Å². The smallest absolute Gasteiger partial charge is 0.159 e. The van der Waals surface area contributed by atoms with Crippen LogP contribution >= 0.6 is 107 Å². The van der Waals surface area contributed by atoms with Crippen LogP contribution in [0.1, 0.15) is 38.9 Å². The number of hydrogen-bond donors (Lipinski definition) is 7. The van der Waals surface area contributed by atoms with Crippen molar-refractivity contribution in [2.24, 2.45) is 27.2 Å². The van der Waals surface area contributed by atoms with Gasteiger partial charge in [0.2, 0.25) is 0 Å². The summed E-state index contributed by atoms with van der Waals surface area (Å²) in [6, 6.07) is 40.5. The summed E-state index contributed by atoms with van der Waals surface area (Å²) in [6.45, 7) is 5.72. The molecule has 68 heavy (non-hydrogen) atoms. The first-order chi connectivity index (χ1) is 32.0. The molecule has 0 aliphatic carbocycles. The summed E-state index contributed by atoms with van der Waals surface area (Å²) >= 11 is 23.8. The van der Waals surface area contributed by atoms with Crippen LogP contribution in [0, 0.1) is 10.8 Å². The third kappa shape index (κ3) is 23.1. The third-order valence-electron chi connectivity index (χ3n) is 10.1. The molecule has 2 aliphatic rings. The quantitative estimate of drug-likeness (QED) is 0.0369. The van der Waals surface area contributed by atoms with E-state index in [0.29, 0.717) is 18.1 Å². The lowest BCUT2D eigenvalue weighted by atomic mass is 10.1. The van der Waals surface area contributed by atoms with E-state index in [1.165, 1.54) is 51.3 Å². The number of amidine groups is 4. The number of rotatable bonds is 16. The maximum Gasteiger partial charge on any atom is 0.159 e. The molecular formula is C48H60Cl5N11S4. The first-order valence-electron chi connectivity index (χ1n) is 21.3. The van der Waals surface area contributed by atoms with Crippen molar-refractivity contribution in [2.45, 2.75) is 42.3 Å². The van der Waals surface area contributed by atoms with Crippen molar-refractivity contribution < 1.29 is 0 Å². The summed E-state index contributed by atoms with van der Waals surface area (Å²) in [5.41, 5.74) is 24.8. The summed E-state index contributed by atoms with van der Waals surface area (Å²) in [7, 11) is 0. The monoisotopic (exact) mass is 1090 g/mol. The molecule has 0 unspecified atom stereocenters. The normalized spacial score (nSPS) is 13.3. The lowest BCUT2D eigenvalue weighted by Crippen LogP contribution is -2.42. The molecule has 20 heteroatoms. The summed E-state index contributed by atoms with van der Waals surface area (Å²) in [5.74, 6) is 3.16. The molecule has 0 bridgehead atoms. The zero-order chi connectivity index (χ0) is 46.9. The molecule has 10 N–H and O–H groups in total. The van der Waals surface area contributed by atoms with Crippen LogP contribution in [0.3, 0.4) is 0 Å². The van der Waals surface area contributed by atoms with E-state index in [1.807, 2.05) is 72.8 Å². The van der Waals surface area contributed by atoms with Gasteiger partial charge in [0.15, 0.2) is 20.7 Å². The first kappa shape index (κ1) is 59.0. The molecular weight excluding hydrogens is 1040 g/mol. The Balaban J connectivity index is 0.000000359. The van der Waals surface area contributed by atoms with Crippen LogP contribution in [0.15, 0.2) is 131 Å². The van der Waals surface area contributed by atoms with Crippen LogP contribution in [-0.4, -0.2) is 76.8 Å². The molecule has 11 nitrogen and oxygen atoms in total. The van der Waals surface area contributed by atoms with Gasteiger partial charge in [0.25, 0.3) is 0 Å². The standard InChI is InChI=1S/C30H34Cl2N6S2.C10H14N4S2.C8H10ClN.2ClH/c31-27-9-5-23(6-10-27)13-15-37-19-33-29(34-20-37)39-17-25-3-1-2-4-26(25)18-40-30-35-21-38(22-36-30)16-14-24-7-11-28(32)12-8-24;11-9(12)15-5-7-3-1-2-4-8(7)6-16-10(13)14;9-8-3-1-7(2-4-8)5-6-10;;/h1-12H,13-22H2,(H,33,34)(H,35,36);1-4H,5-6H2,(H3,11,12)(H3,13,14);1-4H,5-6,10H2;2*1H. The van der Waals surface area contributed by atoms with Crippen LogP contribution in [0.5, 0.6) is 0 Å². The number of thioether (sulfide) groups is 4. The van der Waals surface area contributed by atoms with Gasteiger partial charge < -0.3 is 27.8 Å². The summed E-state index contributed by atoms with van der Waals surface area (Å²) in [5, 5.41) is 25.9. The maximum absolute atomic E-state index is 7.17. The molecule has 2 aliphatic heterocycles. The van der Waals surface area contributed by atoms with Crippen molar-refractivity contribution in [1.29, 1.82) is 10.8 Å². The molecule has 5 aromatic carbocycles. The first-order valence-corrected chi connectivity index (χ1v) is 26.4. The summed E-state index contributed by atoms with van der Waals surface area (Å²) < 4.78 is 0. The fraction of sp³-hybridized carbons (Fsp3) is 0.292. The Kier molecular flexibility index (Phi) is 28.9. The Bertz CT molecular complexity index is 2190. The third-order valence-corrected chi connectivity index (χ3v) is 14.4. The maximum atomic E-state index is 7.17. The van der Waals surface area contributed by atoms with Gasteiger partial charge in [-0.25, -0.2) is 9.98 Å². The van der Waals surface area contributed by atoms with Crippen LogP contribution in [0.25, 0.3) is 0 Å². The molecule has 0 fully saturated rings. The average molecular weight is 1100 g/mol. The number of halogens is 5. The molecule has 366 valence electrons. The second kappa shape index (κ2) is 33.3. The molecule has 0 saturated heterocycles. The Morgan fingerprint density at radius 2 is 0.838 bits per heavy atom. The number of benzene rings is 5. The molecule has 2 heterocycles. The highest BCUT2D eigenvalue weighted by molar-refractivity contribution is 8.14. The molecule has 5 aromatic rings. The van der Waals surface area contributed by atoms with Gasteiger partial charge in [0.1, 0.15) is 0 Å². The zero-order valence-electron chi connectivity index (χ0n) is 37.6. The van der Waals surface area contributed by atoms with Gasteiger partial charge in [-0.1, -0.05) is 167 Å². The van der Waals surface area contributed by atoms with Gasteiger partial charge in [0.05, 0.1) is 26.7 Å². The molecule has 0 atom stereocenters. The Morgan fingerprint density at radius 1 is 0.515 bits per heavy atom. The van der Waals surface area contributed by atoms with E-state index < -0.39 is 0 Å². The molecule has 0 radical (unpaired) electrons. The van der Waals surface area contributed by atoms with Gasteiger partial charge in [0, 0.05) is 51.2 Å². The van der Waals surface area contributed by atoms with Crippen molar-refractivity contribution in [2.75, 3.05) is 46.3 Å². The highest BCUT2D eigenvalue weighted by atomic mass is 35.5. The van der Waals surface area contributed by atoms with E-state index >= 15 is 0 Å².